The van der Waals surface area contributed by atoms with Gasteiger partial charge in [0.15, 0.2) is 0 Å². The van der Waals surface area contributed by atoms with Crippen molar-refractivity contribution in [3.05, 3.63) is 190 Å². The van der Waals surface area contributed by atoms with Gasteiger partial charge in [0.1, 0.15) is 0 Å². The van der Waals surface area contributed by atoms with E-state index < -0.39 is 0 Å². The lowest BCUT2D eigenvalue weighted by Crippen LogP contribution is -2.25. The zero-order valence-corrected chi connectivity index (χ0v) is 47.2. The molecule has 8 aromatic rings. The van der Waals surface area contributed by atoms with E-state index in [4.69, 9.17) is 0 Å². The predicted molar refractivity (Wildman–Crippen MR) is 326 cm³/mol. The molecule has 0 radical (unpaired) electrons. The quantitative estimate of drug-likeness (QED) is 0.0905. The van der Waals surface area contributed by atoms with Gasteiger partial charge in [-0.25, -0.2) is 0 Å². The lowest BCUT2D eigenvalue weighted by Gasteiger charge is -2.34. The molecule has 0 nitrogen and oxygen atoms in total. The minimum atomic E-state index is -0.0395. The standard InChI is InChI=1S/C76H80/c1-9-33-73(34-10-2)65-41-49-17-25-57(65)58-26-18-50(42-66(58)73)52-20-28-60-62-30-22-54(46-70(62)75(37-13-5,38-14-6)68(60)44-52)56-24-32-64-63-31-23-55(47-71(63)76(39-15-7,40-16-8)72(64)48-56)53-21-29-61-59-27-19-51(49)43-67(59)74(35-11-3,36-12-4)69(61)45-53/h17-32,41-48H,9-16,33-40H2,1-8H3. The van der Waals surface area contributed by atoms with E-state index in [1.54, 1.807) is 44.5 Å². The third kappa shape index (κ3) is 6.86. The fraction of sp³-hybridized carbons (Fsp3) is 0.368. The minimum absolute atomic E-state index is 0.0395. The number of rotatable bonds is 16. The van der Waals surface area contributed by atoms with Crippen molar-refractivity contribution >= 4 is 0 Å². The van der Waals surface area contributed by atoms with Gasteiger partial charge in [0.05, 0.1) is 0 Å². The van der Waals surface area contributed by atoms with Gasteiger partial charge < -0.3 is 0 Å². The first-order valence-corrected chi connectivity index (χ1v) is 30.4. The van der Waals surface area contributed by atoms with Crippen molar-refractivity contribution in [1.29, 1.82) is 0 Å². The van der Waals surface area contributed by atoms with Crippen LogP contribution in [0.2, 0.25) is 0 Å². The number of hydrogen-bond acceptors (Lipinski definition) is 0. The molecule has 0 heterocycles. The molecule has 0 atom stereocenters. The van der Waals surface area contributed by atoms with Crippen molar-refractivity contribution in [3.8, 4) is 89.0 Å². The first-order chi connectivity index (χ1) is 37.2. The molecule has 0 saturated heterocycles. The molecule has 0 saturated carbocycles. The summed E-state index contributed by atoms with van der Waals surface area (Å²) < 4.78 is 0. The SMILES string of the molecule is CCCC1(CCC)c2cc3ccc2-c2ccc(cc21)-c1ccc2c(c1)C(CCC)(CCC)c1cc(ccc1-2)-c1ccc2c(c1)C(CCC)(CCC)c1cc(ccc1-2)-c1ccc2c(c1)C(CCC)(CCC)c1cc-3ccc1-2. The number of hydrogen-bond donors (Lipinski definition) is 0. The van der Waals surface area contributed by atoms with Crippen LogP contribution in [0.25, 0.3) is 89.0 Å². The Kier molecular flexibility index (Phi) is 12.2. The highest BCUT2D eigenvalue weighted by Gasteiger charge is 2.47. The Morgan fingerprint density at radius 3 is 0.408 bits per heavy atom. The van der Waals surface area contributed by atoms with Crippen molar-refractivity contribution in [2.24, 2.45) is 0 Å². The van der Waals surface area contributed by atoms with Gasteiger partial charge >= 0.3 is 0 Å². The van der Waals surface area contributed by atoms with E-state index in [0.29, 0.717) is 0 Å². The molecule has 8 aromatic carbocycles. The Bertz CT molecular complexity index is 2890. The predicted octanol–water partition coefficient (Wildman–Crippen LogP) is 22.1. The van der Waals surface area contributed by atoms with Crippen molar-refractivity contribution < 1.29 is 0 Å². The molecule has 5 aliphatic rings. The Morgan fingerprint density at radius 2 is 0.303 bits per heavy atom. The second kappa shape index (κ2) is 18.7. The summed E-state index contributed by atoms with van der Waals surface area (Å²) in [5, 5.41) is 0. The summed E-state index contributed by atoms with van der Waals surface area (Å²) in [4.78, 5) is 0. The van der Waals surface area contributed by atoms with E-state index in [9.17, 15) is 0 Å². The number of fused-ring (bicyclic) bond motifs is 16. The summed E-state index contributed by atoms with van der Waals surface area (Å²) in [5.74, 6) is 0. The van der Waals surface area contributed by atoms with E-state index in [-0.39, 0.29) is 21.7 Å². The highest BCUT2D eigenvalue weighted by molar-refractivity contribution is 5.92. The molecule has 0 amide bonds. The van der Waals surface area contributed by atoms with E-state index in [2.05, 4.69) is 201 Å². The Balaban J connectivity index is 1.07. The van der Waals surface area contributed by atoms with Gasteiger partial charge in [0, 0.05) is 21.7 Å². The molecule has 5 aliphatic carbocycles. The van der Waals surface area contributed by atoms with Crippen LogP contribution in [0.3, 0.4) is 0 Å². The van der Waals surface area contributed by atoms with Crippen LogP contribution in [0.1, 0.15) is 203 Å². The summed E-state index contributed by atoms with van der Waals surface area (Å²) in [6, 6.07) is 60.8. The Labute approximate surface area is 456 Å². The second-order valence-electron chi connectivity index (χ2n) is 24.4. The summed E-state index contributed by atoms with van der Waals surface area (Å²) in [5.41, 5.74) is 34.5. The average Bonchev–Trinajstić information content (AvgIpc) is 4.17. The highest BCUT2D eigenvalue weighted by Crippen LogP contribution is 2.61. The van der Waals surface area contributed by atoms with Crippen molar-refractivity contribution in [2.45, 2.75) is 180 Å². The average molecular weight is 993 g/mol. The summed E-state index contributed by atoms with van der Waals surface area (Å²) in [7, 11) is 0. The third-order valence-electron chi connectivity index (χ3n) is 20.2. The second-order valence-corrected chi connectivity index (χ2v) is 24.4. The molecular formula is C76H80. The van der Waals surface area contributed by atoms with Gasteiger partial charge in [-0.3, -0.25) is 0 Å². The minimum Gasteiger partial charge on any atom is -0.0653 e. The van der Waals surface area contributed by atoms with Crippen LogP contribution in [0, 0.1) is 0 Å². The first-order valence-electron chi connectivity index (χ1n) is 30.4. The van der Waals surface area contributed by atoms with Gasteiger partial charge in [0.2, 0.25) is 0 Å². The maximum atomic E-state index is 2.65. The van der Waals surface area contributed by atoms with Crippen LogP contribution >= 0.6 is 0 Å². The van der Waals surface area contributed by atoms with E-state index in [0.717, 1.165) is 103 Å². The lowest BCUT2D eigenvalue weighted by molar-refractivity contribution is 0.435. The molecule has 0 spiro atoms. The van der Waals surface area contributed by atoms with Crippen molar-refractivity contribution in [1.82, 2.24) is 0 Å². The van der Waals surface area contributed by atoms with Crippen LogP contribution in [-0.2, 0) is 21.7 Å². The van der Waals surface area contributed by atoms with Crippen molar-refractivity contribution in [2.75, 3.05) is 0 Å². The molecule has 0 N–H and O–H groups in total. The zero-order chi connectivity index (χ0) is 52.1. The summed E-state index contributed by atoms with van der Waals surface area (Å²) >= 11 is 0. The molecule has 76 heavy (non-hydrogen) atoms. The summed E-state index contributed by atoms with van der Waals surface area (Å²) in [6.07, 6.45) is 18.4. The first kappa shape index (κ1) is 49.3. The smallest absolute Gasteiger partial charge is 0.0215 e. The molecule has 384 valence electrons. The summed E-state index contributed by atoms with van der Waals surface area (Å²) in [6.45, 7) is 19.3. The molecule has 0 fully saturated rings. The van der Waals surface area contributed by atoms with E-state index in [1.807, 2.05) is 0 Å². The van der Waals surface area contributed by atoms with Gasteiger partial charge in [-0.2, -0.15) is 0 Å². The molecule has 0 heteroatoms. The zero-order valence-electron chi connectivity index (χ0n) is 47.2. The molecule has 0 aromatic heterocycles. The van der Waals surface area contributed by atoms with Crippen LogP contribution in [0.15, 0.2) is 146 Å². The number of benzene rings is 8. The molecule has 13 rings (SSSR count). The Morgan fingerprint density at radius 1 is 0.184 bits per heavy atom. The van der Waals surface area contributed by atoms with Crippen molar-refractivity contribution in [3.63, 3.8) is 0 Å². The maximum absolute atomic E-state index is 2.65. The van der Waals surface area contributed by atoms with Crippen LogP contribution in [0.5, 0.6) is 0 Å². The fourth-order valence-corrected chi connectivity index (χ4v) is 17.5. The lowest BCUT2D eigenvalue weighted by atomic mass is 9.69. The van der Waals surface area contributed by atoms with E-state index in [1.165, 1.54) is 89.0 Å². The van der Waals surface area contributed by atoms with E-state index >= 15 is 0 Å². The molecule has 0 aliphatic heterocycles. The Hall–Kier alpha value is -6.24. The molecule has 16 bridgehead atoms. The normalized spacial score (nSPS) is 16.1. The fourth-order valence-electron chi connectivity index (χ4n) is 17.5. The third-order valence-corrected chi connectivity index (χ3v) is 20.2. The van der Waals surface area contributed by atoms with Gasteiger partial charge in [-0.1, -0.05) is 204 Å². The highest BCUT2D eigenvalue weighted by atomic mass is 14.5. The van der Waals surface area contributed by atoms with Crippen LogP contribution < -0.4 is 0 Å². The topological polar surface area (TPSA) is 0 Å². The monoisotopic (exact) mass is 993 g/mol. The maximum Gasteiger partial charge on any atom is 0.0215 e. The largest absolute Gasteiger partial charge is 0.0653 e. The van der Waals surface area contributed by atoms with Gasteiger partial charge in [-0.15, -0.1) is 0 Å². The van der Waals surface area contributed by atoms with Crippen LogP contribution in [-0.4, -0.2) is 0 Å². The van der Waals surface area contributed by atoms with Gasteiger partial charge in [-0.05, 0) is 233 Å². The van der Waals surface area contributed by atoms with Gasteiger partial charge in [0.25, 0.3) is 0 Å². The molecule has 0 unspecified atom stereocenters. The molecular weight excluding hydrogens is 913 g/mol. The van der Waals surface area contributed by atoms with Crippen LogP contribution in [0.4, 0.5) is 0 Å².